The second kappa shape index (κ2) is 7.34. The lowest BCUT2D eigenvalue weighted by atomic mass is 9.63. The van der Waals surface area contributed by atoms with E-state index in [2.05, 4.69) is 113 Å². The Labute approximate surface area is 176 Å². The van der Waals surface area contributed by atoms with Gasteiger partial charge in [0.05, 0.1) is 0 Å². The van der Waals surface area contributed by atoms with Crippen LogP contribution in [0.2, 0.25) is 0 Å². The highest BCUT2D eigenvalue weighted by Crippen LogP contribution is 2.46. The highest BCUT2D eigenvalue weighted by atomic mass is 14.4. The highest BCUT2D eigenvalue weighted by Gasteiger charge is 2.37. The summed E-state index contributed by atoms with van der Waals surface area (Å²) in [6, 6.07) is 26.8. The van der Waals surface area contributed by atoms with Gasteiger partial charge >= 0.3 is 0 Å². The predicted octanol–water partition coefficient (Wildman–Crippen LogP) is 7.93. The molecule has 0 spiro atoms. The molecule has 29 heavy (non-hydrogen) atoms. The molecule has 0 saturated heterocycles. The van der Waals surface area contributed by atoms with Crippen LogP contribution >= 0.6 is 0 Å². The molecule has 4 rings (SSSR count). The van der Waals surface area contributed by atoms with Gasteiger partial charge < -0.3 is 0 Å². The van der Waals surface area contributed by atoms with E-state index in [4.69, 9.17) is 0 Å². The molecule has 148 valence electrons. The van der Waals surface area contributed by atoms with E-state index >= 15 is 0 Å². The molecular formula is C29H32. The summed E-state index contributed by atoms with van der Waals surface area (Å²) in [6.45, 7) is 11.7. The topological polar surface area (TPSA) is 0 Å². The van der Waals surface area contributed by atoms with Crippen LogP contribution in [0.4, 0.5) is 0 Å². The van der Waals surface area contributed by atoms with Gasteiger partial charge in [0.2, 0.25) is 0 Å². The maximum absolute atomic E-state index is 2.46. The first-order valence-corrected chi connectivity index (χ1v) is 10.8. The minimum atomic E-state index is 0.215. The molecule has 1 aliphatic rings. The third kappa shape index (κ3) is 3.94. The molecule has 0 bridgehead atoms. The van der Waals surface area contributed by atoms with Crippen molar-refractivity contribution in [1.29, 1.82) is 0 Å². The third-order valence-corrected chi connectivity index (χ3v) is 6.64. The summed E-state index contributed by atoms with van der Waals surface area (Å²) in [5, 5.41) is 0. The Morgan fingerprint density at radius 1 is 0.690 bits per heavy atom. The van der Waals surface area contributed by atoms with Gasteiger partial charge in [-0.1, -0.05) is 106 Å². The fourth-order valence-corrected chi connectivity index (χ4v) is 4.54. The maximum Gasteiger partial charge on any atom is -0.0100 e. The molecule has 0 saturated carbocycles. The number of hydrogen-bond acceptors (Lipinski definition) is 0. The fraction of sp³-hybridized carbons (Fsp3) is 0.310. The van der Waals surface area contributed by atoms with Gasteiger partial charge in [-0.3, -0.25) is 0 Å². The van der Waals surface area contributed by atoms with Crippen molar-refractivity contribution in [3.05, 3.63) is 106 Å². The molecule has 0 amide bonds. The summed E-state index contributed by atoms with van der Waals surface area (Å²) in [7, 11) is 0. The van der Waals surface area contributed by atoms with E-state index < -0.39 is 0 Å². The largest absolute Gasteiger partial charge is 0.0622 e. The van der Waals surface area contributed by atoms with Crippen LogP contribution in [0.1, 0.15) is 73.9 Å². The lowest BCUT2D eigenvalue weighted by Crippen LogP contribution is -2.33. The Balaban J connectivity index is 1.89. The number of hydrogen-bond donors (Lipinski definition) is 0. The number of rotatable bonds is 3. The SMILES string of the molecule is Cc1ccc(/C=C(/c2ccccc2)c2ccc3c(c2)C(C)(C)CCC3(C)C)cc1. The molecule has 0 heteroatoms. The van der Waals surface area contributed by atoms with E-state index in [0.29, 0.717) is 0 Å². The van der Waals surface area contributed by atoms with E-state index in [-0.39, 0.29) is 10.8 Å². The molecule has 3 aromatic rings. The molecular weight excluding hydrogens is 348 g/mol. The molecule has 0 nitrogen and oxygen atoms in total. The average Bonchev–Trinajstić information content (AvgIpc) is 2.71. The Kier molecular flexibility index (Phi) is 4.99. The Morgan fingerprint density at radius 3 is 1.97 bits per heavy atom. The van der Waals surface area contributed by atoms with Crippen molar-refractivity contribution < 1.29 is 0 Å². The lowest BCUT2D eigenvalue weighted by Gasteiger charge is -2.42. The number of fused-ring (bicyclic) bond motifs is 1. The van der Waals surface area contributed by atoms with E-state index in [1.54, 1.807) is 0 Å². The highest BCUT2D eigenvalue weighted by molar-refractivity contribution is 5.91. The summed E-state index contributed by atoms with van der Waals surface area (Å²) < 4.78 is 0. The molecule has 0 unspecified atom stereocenters. The molecule has 3 aromatic carbocycles. The zero-order valence-electron chi connectivity index (χ0n) is 18.4. The normalized spacial score (nSPS) is 17.6. The van der Waals surface area contributed by atoms with Crippen molar-refractivity contribution in [3.63, 3.8) is 0 Å². The van der Waals surface area contributed by atoms with Gasteiger partial charge in [0.25, 0.3) is 0 Å². The van der Waals surface area contributed by atoms with Crippen molar-refractivity contribution in [1.82, 2.24) is 0 Å². The number of benzene rings is 3. The van der Waals surface area contributed by atoms with Gasteiger partial charge in [0.1, 0.15) is 0 Å². The Bertz CT molecular complexity index is 1030. The van der Waals surface area contributed by atoms with Gasteiger partial charge in [-0.15, -0.1) is 0 Å². The number of aryl methyl sites for hydroxylation is 1. The van der Waals surface area contributed by atoms with Gasteiger partial charge in [-0.05, 0) is 70.1 Å². The second-order valence-electron chi connectivity index (χ2n) is 9.86. The summed E-state index contributed by atoms with van der Waals surface area (Å²) in [6.07, 6.45) is 4.81. The predicted molar refractivity (Wildman–Crippen MR) is 126 cm³/mol. The summed E-state index contributed by atoms with van der Waals surface area (Å²) in [5.41, 5.74) is 9.88. The zero-order valence-corrected chi connectivity index (χ0v) is 18.4. The zero-order chi connectivity index (χ0) is 20.6. The van der Waals surface area contributed by atoms with Crippen LogP contribution in [0.3, 0.4) is 0 Å². The van der Waals surface area contributed by atoms with Crippen LogP contribution in [0.15, 0.2) is 72.8 Å². The van der Waals surface area contributed by atoms with E-state index in [0.717, 1.165) is 0 Å². The lowest BCUT2D eigenvalue weighted by molar-refractivity contribution is 0.332. The minimum Gasteiger partial charge on any atom is -0.0622 e. The smallest absolute Gasteiger partial charge is 0.0100 e. The van der Waals surface area contributed by atoms with Crippen LogP contribution in [-0.2, 0) is 10.8 Å². The minimum absolute atomic E-state index is 0.215. The molecule has 0 fully saturated rings. The standard InChI is InChI=1S/C29H32/c1-21-11-13-22(14-12-21)19-25(23-9-7-6-8-10-23)24-15-16-26-27(20-24)29(4,5)18-17-28(26,2)3/h6-16,19-20H,17-18H2,1-5H3/b25-19-. The first-order chi connectivity index (χ1) is 13.8. The van der Waals surface area contributed by atoms with Crippen LogP contribution in [0.5, 0.6) is 0 Å². The molecule has 0 heterocycles. The van der Waals surface area contributed by atoms with E-state index in [1.165, 1.54) is 51.8 Å². The van der Waals surface area contributed by atoms with Crippen molar-refractivity contribution in [3.8, 4) is 0 Å². The van der Waals surface area contributed by atoms with Crippen molar-refractivity contribution >= 4 is 11.6 Å². The van der Waals surface area contributed by atoms with Crippen molar-refractivity contribution in [2.75, 3.05) is 0 Å². The second-order valence-corrected chi connectivity index (χ2v) is 9.86. The molecule has 0 radical (unpaired) electrons. The maximum atomic E-state index is 2.46. The van der Waals surface area contributed by atoms with Gasteiger partial charge in [-0.2, -0.15) is 0 Å². The molecule has 0 N–H and O–H groups in total. The van der Waals surface area contributed by atoms with E-state index in [1.807, 2.05) is 0 Å². The van der Waals surface area contributed by atoms with Crippen molar-refractivity contribution in [2.45, 2.75) is 58.3 Å². The molecule has 1 aliphatic carbocycles. The quantitative estimate of drug-likeness (QED) is 0.405. The Morgan fingerprint density at radius 2 is 1.31 bits per heavy atom. The van der Waals surface area contributed by atoms with Crippen LogP contribution in [0.25, 0.3) is 11.6 Å². The molecule has 0 atom stereocenters. The Hall–Kier alpha value is -2.60. The average molecular weight is 381 g/mol. The molecule has 0 aliphatic heterocycles. The third-order valence-electron chi connectivity index (χ3n) is 6.64. The summed E-state index contributed by atoms with van der Waals surface area (Å²) in [4.78, 5) is 0. The summed E-state index contributed by atoms with van der Waals surface area (Å²) in [5.74, 6) is 0. The van der Waals surface area contributed by atoms with Crippen LogP contribution in [-0.4, -0.2) is 0 Å². The van der Waals surface area contributed by atoms with Gasteiger partial charge in [0.15, 0.2) is 0 Å². The van der Waals surface area contributed by atoms with Crippen molar-refractivity contribution in [2.24, 2.45) is 0 Å². The van der Waals surface area contributed by atoms with Gasteiger partial charge in [0, 0.05) is 0 Å². The fourth-order valence-electron chi connectivity index (χ4n) is 4.54. The van der Waals surface area contributed by atoms with Gasteiger partial charge in [-0.25, -0.2) is 0 Å². The first-order valence-electron chi connectivity index (χ1n) is 10.8. The first kappa shape index (κ1) is 19.7. The summed E-state index contributed by atoms with van der Waals surface area (Å²) >= 11 is 0. The van der Waals surface area contributed by atoms with Crippen LogP contribution < -0.4 is 0 Å². The van der Waals surface area contributed by atoms with Crippen LogP contribution in [0, 0.1) is 6.92 Å². The monoisotopic (exact) mass is 380 g/mol. The molecule has 0 aromatic heterocycles. The van der Waals surface area contributed by atoms with E-state index in [9.17, 15) is 0 Å².